The number of aromatic nitrogens is 2. The van der Waals surface area contributed by atoms with E-state index in [2.05, 4.69) is 51.6 Å². The van der Waals surface area contributed by atoms with Crippen LogP contribution in [0.4, 0.5) is 0 Å². The molecule has 3 heterocycles. The molecule has 2 aromatic carbocycles. The monoisotopic (exact) mass is 446 g/mol. The van der Waals surface area contributed by atoms with Gasteiger partial charge in [0.2, 0.25) is 0 Å². The molecule has 0 aliphatic carbocycles. The van der Waals surface area contributed by atoms with Crippen molar-refractivity contribution in [3.05, 3.63) is 88.5 Å². The number of thiophene rings is 1. The average Bonchev–Trinajstić information content (AvgIpc) is 3.28. The van der Waals surface area contributed by atoms with E-state index in [1.54, 1.807) is 11.3 Å². The summed E-state index contributed by atoms with van der Waals surface area (Å²) in [4.78, 5) is 24.7. The Kier molecular flexibility index (Phi) is 6.41. The minimum atomic E-state index is -0.0883. The van der Waals surface area contributed by atoms with Crippen molar-refractivity contribution in [3.63, 3.8) is 0 Å². The zero-order chi connectivity index (χ0) is 21.8. The summed E-state index contributed by atoms with van der Waals surface area (Å²) in [6.07, 6.45) is 0. The molecule has 0 amide bonds. The molecule has 5 rings (SSSR count). The van der Waals surface area contributed by atoms with Gasteiger partial charge < -0.3 is 15.0 Å². The van der Waals surface area contributed by atoms with E-state index in [-0.39, 0.29) is 11.6 Å². The van der Waals surface area contributed by atoms with Gasteiger partial charge in [0.25, 0.3) is 5.56 Å². The number of H-pyrrole nitrogens is 1. The van der Waals surface area contributed by atoms with Crippen LogP contribution in [0.3, 0.4) is 0 Å². The van der Waals surface area contributed by atoms with Crippen molar-refractivity contribution in [2.45, 2.75) is 12.6 Å². The fourth-order valence-corrected chi connectivity index (χ4v) is 5.10. The quantitative estimate of drug-likeness (QED) is 0.452. The Morgan fingerprint density at radius 1 is 1.06 bits per heavy atom. The maximum atomic E-state index is 12.7. The van der Waals surface area contributed by atoms with E-state index in [9.17, 15) is 4.79 Å². The standard InChI is InChI=1S/C25H26N4O2S/c30-24-20-15-22(19-9-5-2-6-10-19)32-25(20)28-23(27-24)16-26-21(18-7-3-1-4-8-18)17-29-11-13-31-14-12-29/h1-10,15,21,26H,11-14,16-17H2,(H,27,28,30). The fraction of sp³-hybridized carbons (Fsp3) is 0.280. The number of hydrogen-bond donors (Lipinski definition) is 2. The molecule has 1 saturated heterocycles. The molecule has 1 aliphatic rings. The Balaban J connectivity index is 1.36. The number of aromatic amines is 1. The lowest BCUT2D eigenvalue weighted by molar-refractivity contribution is 0.0333. The molecule has 164 valence electrons. The molecule has 0 saturated carbocycles. The summed E-state index contributed by atoms with van der Waals surface area (Å²) < 4.78 is 5.49. The van der Waals surface area contributed by atoms with Gasteiger partial charge in [-0.2, -0.15) is 0 Å². The summed E-state index contributed by atoms with van der Waals surface area (Å²) in [5, 5.41) is 4.26. The molecular formula is C25H26N4O2S. The van der Waals surface area contributed by atoms with E-state index in [1.807, 2.05) is 30.3 Å². The molecule has 1 aliphatic heterocycles. The SMILES string of the molecule is O=c1[nH]c(CNC(CN2CCOCC2)c2ccccc2)nc2sc(-c3ccccc3)cc12. The largest absolute Gasteiger partial charge is 0.379 e. The second-order valence-corrected chi connectivity index (χ2v) is 9.00. The maximum Gasteiger partial charge on any atom is 0.259 e. The highest BCUT2D eigenvalue weighted by Crippen LogP contribution is 2.30. The van der Waals surface area contributed by atoms with Crippen LogP contribution >= 0.6 is 11.3 Å². The lowest BCUT2D eigenvalue weighted by Gasteiger charge is -2.31. The van der Waals surface area contributed by atoms with Crippen molar-refractivity contribution in [1.29, 1.82) is 0 Å². The van der Waals surface area contributed by atoms with Gasteiger partial charge in [0.05, 0.1) is 25.1 Å². The van der Waals surface area contributed by atoms with Gasteiger partial charge in [-0.25, -0.2) is 4.98 Å². The van der Waals surface area contributed by atoms with Gasteiger partial charge in [-0.1, -0.05) is 60.7 Å². The zero-order valence-corrected chi connectivity index (χ0v) is 18.6. The van der Waals surface area contributed by atoms with E-state index < -0.39 is 0 Å². The second kappa shape index (κ2) is 9.75. The molecule has 2 aromatic heterocycles. The van der Waals surface area contributed by atoms with E-state index in [1.165, 1.54) is 5.56 Å². The van der Waals surface area contributed by atoms with E-state index in [0.29, 0.717) is 17.8 Å². The number of nitrogens with zero attached hydrogens (tertiary/aromatic N) is 2. The molecular weight excluding hydrogens is 420 g/mol. The Hall–Kier alpha value is -2.84. The van der Waals surface area contributed by atoms with Gasteiger partial charge in [-0.3, -0.25) is 9.69 Å². The topological polar surface area (TPSA) is 70.2 Å². The van der Waals surface area contributed by atoms with Gasteiger partial charge in [-0.05, 0) is 17.2 Å². The molecule has 1 atom stereocenters. The van der Waals surface area contributed by atoms with E-state index in [4.69, 9.17) is 9.72 Å². The van der Waals surface area contributed by atoms with Crippen molar-refractivity contribution in [2.24, 2.45) is 0 Å². The van der Waals surface area contributed by atoms with Crippen LogP contribution in [0, 0.1) is 0 Å². The molecule has 0 bridgehead atoms. The Morgan fingerprint density at radius 3 is 2.53 bits per heavy atom. The average molecular weight is 447 g/mol. The second-order valence-electron chi connectivity index (χ2n) is 7.97. The van der Waals surface area contributed by atoms with Gasteiger partial charge >= 0.3 is 0 Å². The van der Waals surface area contributed by atoms with Crippen molar-refractivity contribution >= 4 is 21.6 Å². The molecule has 4 aromatic rings. The molecule has 6 nitrogen and oxygen atoms in total. The molecule has 1 unspecified atom stereocenters. The Morgan fingerprint density at radius 2 is 1.78 bits per heavy atom. The molecule has 0 radical (unpaired) electrons. The third-order valence-electron chi connectivity index (χ3n) is 5.77. The fourth-order valence-electron chi connectivity index (χ4n) is 4.04. The van der Waals surface area contributed by atoms with Crippen molar-refractivity contribution in [1.82, 2.24) is 20.2 Å². The first-order chi connectivity index (χ1) is 15.8. The van der Waals surface area contributed by atoms with Crippen LogP contribution in [0.15, 0.2) is 71.5 Å². The van der Waals surface area contributed by atoms with Crippen molar-refractivity contribution in [2.75, 3.05) is 32.8 Å². The number of morpholine rings is 1. The van der Waals surface area contributed by atoms with Crippen LogP contribution < -0.4 is 10.9 Å². The summed E-state index contributed by atoms with van der Waals surface area (Å²) >= 11 is 1.56. The highest BCUT2D eigenvalue weighted by atomic mass is 32.1. The summed E-state index contributed by atoms with van der Waals surface area (Å²) in [6.45, 7) is 4.79. The highest BCUT2D eigenvalue weighted by molar-refractivity contribution is 7.21. The minimum absolute atomic E-state index is 0.0883. The number of benzene rings is 2. The minimum Gasteiger partial charge on any atom is -0.379 e. The summed E-state index contributed by atoms with van der Waals surface area (Å²) in [5.41, 5.74) is 2.24. The molecule has 7 heteroatoms. The lowest BCUT2D eigenvalue weighted by Crippen LogP contribution is -2.42. The summed E-state index contributed by atoms with van der Waals surface area (Å²) in [6, 6.07) is 22.6. The third kappa shape index (κ3) is 4.81. The van der Waals surface area contributed by atoms with E-state index >= 15 is 0 Å². The van der Waals surface area contributed by atoms with Crippen LogP contribution in [0.1, 0.15) is 17.4 Å². The van der Waals surface area contributed by atoms with Crippen LogP contribution in [-0.4, -0.2) is 47.7 Å². The first kappa shape index (κ1) is 21.0. The number of hydrogen-bond acceptors (Lipinski definition) is 6. The van der Waals surface area contributed by atoms with Gasteiger partial charge in [-0.15, -0.1) is 11.3 Å². The van der Waals surface area contributed by atoms with Gasteiger partial charge in [0.1, 0.15) is 10.7 Å². The van der Waals surface area contributed by atoms with Crippen LogP contribution in [0.25, 0.3) is 20.7 Å². The number of nitrogens with one attached hydrogen (secondary N) is 2. The third-order valence-corrected chi connectivity index (χ3v) is 6.85. The molecule has 2 N–H and O–H groups in total. The predicted molar refractivity (Wildman–Crippen MR) is 129 cm³/mol. The van der Waals surface area contributed by atoms with Gasteiger partial charge in [0.15, 0.2) is 0 Å². The van der Waals surface area contributed by atoms with Gasteiger partial charge in [0, 0.05) is 30.6 Å². The van der Waals surface area contributed by atoms with Crippen LogP contribution in [0.5, 0.6) is 0 Å². The number of fused-ring (bicyclic) bond motifs is 1. The highest BCUT2D eigenvalue weighted by Gasteiger charge is 2.19. The first-order valence-electron chi connectivity index (χ1n) is 10.9. The predicted octanol–water partition coefficient (Wildman–Crippen LogP) is 3.81. The van der Waals surface area contributed by atoms with Crippen molar-refractivity contribution in [3.8, 4) is 10.4 Å². The Bertz CT molecular complexity index is 1220. The van der Waals surface area contributed by atoms with E-state index in [0.717, 1.165) is 48.1 Å². The molecule has 1 fully saturated rings. The molecule has 0 spiro atoms. The number of ether oxygens (including phenoxy) is 1. The smallest absolute Gasteiger partial charge is 0.259 e. The normalized spacial score (nSPS) is 15.8. The lowest BCUT2D eigenvalue weighted by atomic mass is 10.1. The number of rotatable bonds is 7. The maximum absolute atomic E-state index is 12.7. The Labute approximate surface area is 190 Å². The first-order valence-corrected chi connectivity index (χ1v) is 11.7. The molecule has 32 heavy (non-hydrogen) atoms. The zero-order valence-electron chi connectivity index (χ0n) is 17.8. The van der Waals surface area contributed by atoms with Crippen molar-refractivity contribution < 1.29 is 4.74 Å². The summed E-state index contributed by atoms with van der Waals surface area (Å²) in [5.74, 6) is 0.659. The van der Waals surface area contributed by atoms with Crippen LogP contribution in [-0.2, 0) is 11.3 Å². The summed E-state index contributed by atoms with van der Waals surface area (Å²) in [7, 11) is 0. The van der Waals surface area contributed by atoms with Crippen LogP contribution in [0.2, 0.25) is 0 Å².